The van der Waals surface area contributed by atoms with Crippen LogP contribution in [-0.4, -0.2) is 35.3 Å². The first kappa shape index (κ1) is 15.3. The fourth-order valence-corrected chi connectivity index (χ4v) is 3.64. The summed E-state index contributed by atoms with van der Waals surface area (Å²) >= 11 is 0. The van der Waals surface area contributed by atoms with Crippen molar-refractivity contribution in [1.82, 2.24) is 10.2 Å². The van der Waals surface area contributed by atoms with E-state index in [1.165, 1.54) is 45.4 Å². The second-order valence-corrected chi connectivity index (χ2v) is 6.35. The first-order chi connectivity index (χ1) is 9.68. The maximum absolute atomic E-state index is 12.5. The molecule has 2 aliphatic rings. The van der Waals surface area contributed by atoms with E-state index in [9.17, 15) is 9.59 Å². The van der Waals surface area contributed by atoms with E-state index in [4.69, 9.17) is 0 Å². The summed E-state index contributed by atoms with van der Waals surface area (Å²) in [5, 5.41) is 2.81. The Morgan fingerprint density at radius 3 is 1.75 bits per heavy atom. The number of nitrogens with one attached hydrogen (secondary N) is 1. The monoisotopic (exact) mass is 280 g/mol. The van der Waals surface area contributed by atoms with E-state index in [2.05, 4.69) is 10.2 Å². The number of amides is 2. The normalized spacial score (nSPS) is 21.4. The third-order valence-electron chi connectivity index (χ3n) is 4.66. The molecule has 4 nitrogen and oxygen atoms in total. The number of rotatable bonds is 4. The number of hydrogen-bond donors (Lipinski definition) is 1. The van der Waals surface area contributed by atoms with Crippen molar-refractivity contribution in [2.75, 3.05) is 6.54 Å². The molecule has 0 radical (unpaired) electrons. The van der Waals surface area contributed by atoms with Crippen molar-refractivity contribution in [3.63, 3.8) is 0 Å². The van der Waals surface area contributed by atoms with E-state index < -0.39 is 0 Å². The Morgan fingerprint density at radius 1 is 0.900 bits per heavy atom. The summed E-state index contributed by atoms with van der Waals surface area (Å²) in [4.78, 5) is 25.7. The van der Waals surface area contributed by atoms with Gasteiger partial charge in [-0.3, -0.25) is 4.79 Å². The fraction of sp³-hybridized carbons (Fsp3) is 0.875. The van der Waals surface area contributed by atoms with Crippen molar-refractivity contribution in [2.24, 2.45) is 0 Å². The Kier molecular flexibility index (Phi) is 5.86. The van der Waals surface area contributed by atoms with E-state index in [1.807, 2.05) is 0 Å². The molecule has 4 heteroatoms. The highest BCUT2D eigenvalue weighted by Crippen LogP contribution is 2.30. The lowest BCUT2D eigenvalue weighted by atomic mass is 9.89. The summed E-state index contributed by atoms with van der Waals surface area (Å²) in [6.45, 7) is 1.68. The largest absolute Gasteiger partial charge is 0.331 e. The Morgan fingerprint density at radius 2 is 1.35 bits per heavy atom. The molecule has 0 aliphatic heterocycles. The highest BCUT2D eigenvalue weighted by molar-refractivity contribution is 5.84. The van der Waals surface area contributed by atoms with E-state index in [0.29, 0.717) is 12.1 Å². The van der Waals surface area contributed by atoms with Gasteiger partial charge in [-0.15, -0.1) is 0 Å². The summed E-state index contributed by atoms with van der Waals surface area (Å²) in [6, 6.07) is 0.761. The van der Waals surface area contributed by atoms with Crippen molar-refractivity contribution in [3.8, 4) is 0 Å². The SMILES string of the molecule is CC(=O)CNC(=O)N(C1CCCCC1)C1CCCCC1. The minimum Gasteiger partial charge on any atom is -0.331 e. The molecule has 0 aromatic rings. The molecule has 0 heterocycles. The summed E-state index contributed by atoms with van der Waals surface area (Å²) < 4.78 is 0. The van der Waals surface area contributed by atoms with Gasteiger partial charge in [-0.05, 0) is 32.6 Å². The van der Waals surface area contributed by atoms with Gasteiger partial charge in [0, 0.05) is 12.1 Å². The van der Waals surface area contributed by atoms with Crippen molar-refractivity contribution < 1.29 is 9.59 Å². The molecule has 2 amide bonds. The molecule has 0 bridgehead atoms. The zero-order chi connectivity index (χ0) is 14.4. The maximum Gasteiger partial charge on any atom is 0.318 e. The highest BCUT2D eigenvalue weighted by Gasteiger charge is 2.32. The molecular formula is C16H28N2O2. The van der Waals surface area contributed by atoms with Gasteiger partial charge in [0.1, 0.15) is 5.78 Å². The van der Waals surface area contributed by atoms with Gasteiger partial charge in [-0.2, -0.15) is 0 Å². The standard InChI is InChI=1S/C16H28N2O2/c1-13(19)12-17-16(20)18(14-8-4-2-5-9-14)15-10-6-3-7-11-15/h14-15H,2-12H2,1H3,(H,17,20). The average Bonchev–Trinajstić information content (AvgIpc) is 2.48. The smallest absolute Gasteiger partial charge is 0.318 e. The molecule has 20 heavy (non-hydrogen) atoms. The molecule has 2 aliphatic carbocycles. The minimum atomic E-state index is -0.0148. The Labute approximate surface area is 122 Å². The van der Waals surface area contributed by atoms with Gasteiger partial charge in [0.05, 0.1) is 6.54 Å². The molecule has 0 saturated heterocycles. The van der Waals surface area contributed by atoms with E-state index in [1.54, 1.807) is 0 Å². The number of urea groups is 1. The van der Waals surface area contributed by atoms with Gasteiger partial charge in [-0.1, -0.05) is 38.5 Å². The van der Waals surface area contributed by atoms with Crippen LogP contribution in [0.4, 0.5) is 4.79 Å². The van der Waals surface area contributed by atoms with Crippen LogP contribution in [0.15, 0.2) is 0 Å². The number of carbonyl (C=O) groups is 2. The molecule has 1 N–H and O–H groups in total. The third-order valence-corrected chi connectivity index (χ3v) is 4.66. The van der Waals surface area contributed by atoms with Crippen LogP contribution in [0.2, 0.25) is 0 Å². The second-order valence-electron chi connectivity index (χ2n) is 6.35. The van der Waals surface area contributed by atoms with Crippen molar-refractivity contribution in [2.45, 2.75) is 83.2 Å². The van der Waals surface area contributed by atoms with Crippen LogP contribution < -0.4 is 5.32 Å². The van der Waals surface area contributed by atoms with Crippen LogP contribution in [0.1, 0.15) is 71.1 Å². The summed E-state index contributed by atoms with van der Waals surface area (Å²) in [6.07, 6.45) is 12.0. The van der Waals surface area contributed by atoms with Crippen LogP contribution in [0.25, 0.3) is 0 Å². The molecular weight excluding hydrogens is 252 g/mol. The Bertz CT molecular complexity index is 313. The van der Waals surface area contributed by atoms with E-state index >= 15 is 0 Å². The Hall–Kier alpha value is -1.06. The van der Waals surface area contributed by atoms with E-state index in [-0.39, 0.29) is 18.4 Å². The maximum atomic E-state index is 12.5. The lowest BCUT2D eigenvalue weighted by Crippen LogP contribution is -2.53. The van der Waals surface area contributed by atoms with Gasteiger partial charge in [0.15, 0.2) is 0 Å². The first-order valence-corrected chi connectivity index (χ1v) is 8.24. The minimum absolute atomic E-state index is 0.0148. The first-order valence-electron chi connectivity index (χ1n) is 8.24. The van der Waals surface area contributed by atoms with Gasteiger partial charge in [0.25, 0.3) is 0 Å². The van der Waals surface area contributed by atoms with Crippen LogP contribution >= 0.6 is 0 Å². The van der Waals surface area contributed by atoms with Crippen molar-refractivity contribution in [3.05, 3.63) is 0 Å². The van der Waals surface area contributed by atoms with Crippen molar-refractivity contribution >= 4 is 11.8 Å². The zero-order valence-electron chi connectivity index (χ0n) is 12.7. The van der Waals surface area contributed by atoms with Gasteiger partial charge < -0.3 is 10.2 Å². The lowest BCUT2D eigenvalue weighted by Gasteiger charge is -2.41. The number of ketones is 1. The van der Waals surface area contributed by atoms with Crippen LogP contribution in [-0.2, 0) is 4.79 Å². The van der Waals surface area contributed by atoms with Crippen molar-refractivity contribution in [1.29, 1.82) is 0 Å². The molecule has 2 rings (SSSR count). The zero-order valence-corrected chi connectivity index (χ0v) is 12.7. The predicted octanol–water partition coefficient (Wildman–Crippen LogP) is 3.25. The van der Waals surface area contributed by atoms with Crippen LogP contribution in [0, 0.1) is 0 Å². The lowest BCUT2D eigenvalue weighted by molar-refractivity contribution is -0.116. The fourth-order valence-electron chi connectivity index (χ4n) is 3.64. The highest BCUT2D eigenvalue weighted by atomic mass is 16.2. The molecule has 0 atom stereocenters. The number of Topliss-reactive ketones (excluding diaryl/α,β-unsaturated/α-hetero) is 1. The van der Waals surface area contributed by atoms with E-state index in [0.717, 1.165) is 25.7 Å². The average molecular weight is 280 g/mol. The van der Waals surface area contributed by atoms with Gasteiger partial charge >= 0.3 is 6.03 Å². The predicted molar refractivity (Wildman–Crippen MR) is 79.7 cm³/mol. The quantitative estimate of drug-likeness (QED) is 0.859. The molecule has 2 fully saturated rings. The van der Waals surface area contributed by atoms with Crippen LogP contribution in [0.3, 0.4) is 0 Å². The Balaban J connectivity index is 2.01. The van der Waals surface area contributed by atoms with Gasteiger partial charge in [0.2, 0.25) is 0 Å². The summed E-state index contributed by atoms with van der Waals surface area (Å²) in [7, 11) is 0. The summed E-state index contributed by atoms with van der Waals surface area (Å²) in [5.41, 5.74) is 0. The van der Waals surface area contributed by atoms with Crippen LogP contribution in [0.5, 0.6) is 0 Å². The molecule has 2 saturated carbocycles. The molecule has 0 aromatic carbocycles. The topological polar surface area (TPSA) is 49.4 Å². The second kappa shape index (κ2) is 7.65. The number of carbonyl (C=O) groups excluding carboxylic acids is 2. The third kappa shape index (κ3) is 4.22. The number of hydrogen-bond acceptors (Lipinski definition) is 2. The van der Waals surface area contributed by atoms with Gasteiger partial charge in [-0.25, -0.2) is 4.79 Å². The number of nitrogens with zero attached hydrogens (tertiary/aromatic N) is 1. The summed E-state index contributed by atoms with van der Waals surface area (Å²) in [5.74, 6) is 0.0191. The molecule has 114 valence electrons. The molecule has 0 unspecified atom stereocenters. The molecule has 0 aromatic heterocycles. The molecule has 0 spiro atoms.